The van der Waals surface area contributed by atoms with Gasteiger partial charge in [-0.3, -0.25) is 18.6 Å². The summed E-state index contributed by atoms with van der Waals surface area (Å²) in [6, 6.07) is -1.76. The largest absolute Gasteiger partial charge is 0.483 e. The van der Waals surface area contributed by atoms with Crippen molar-refractivity contribution in [2.24, 2.45) is 0 Å². The quantitative estimate of drug-likeness (QED) is 0.0452. The number of nitrogens with one attached hydrogen (secondary N) is 2. The first-order valence-corrected chi connectivity index (χ1v) is 17.3. The lowest BCUT2D eigenvalue weighted by molar-refractivity contribution is -0.248. The summed E-state index contributed by atoms with van der Waals surface area (Å²) in [6.45, 7) is 2.68. The summed E-state index contributed by atoms with van der Waals surface area (Å²) >= 11 is 0. The average molecular weight is 738 g/mol. The van der Waals surface area contributed by atoms with Crippen LogP contribution in [0.2, 0.25) is 0 Å². The van der Waals surface area contributed by atoms with Crippen molar-refractivity contribution in [2.45, 2.75) is 61.6 Å². The standard InChI is InChI=1S/C24H41N3O19P2/c1-13-25-16(29)3-5-27(13)23-22(34)20(32)15(43-23)12-42-47(35,36)46-48(37,38)45-24-18(21(33)19(31)14(11-28)44-24)26-17(30)4-6-40-9-10-41-8-7-39-2/h3,5,14-15,18-24,28,31-34H,1,4,6-12H2,2H3,(H,25,29)(H,26,30)(H,35,36)(H,37,38)/t14?,15?,18?,19-,20?,21+,22?,23?,24-/m0/s1. The molecule has 0 saturated carbocycles. The van der Waals surface area contributed by atoms with Gasteiger partial charge in [0.2, 0.25) is 5.91 Å². The van der Waals surface area contributed by atoms with E-state index in [-0.39, 0.29) is 32.1 Å². The molecule has 3 aliphatic heterocycles. The molecule has 0 spiro atoms. The Kier molecular flexibility index (Phi) is 15.5. The van der Waals surface area contributed by atoms with Crippen LogP contribution in [0.4, 0.5) is 0 Å². The van der Waals surface area contributed by atoms with Gasteiger partial charge in [-0.25, -0.2) is 9.13 Å². The van der Waals surface area contributed by atoms with Crippen molar-refractivity contribution < 1.29 is 91.1 Å². The van der Waals surface area contributed by atoms with E-state index in [9.17, 15) is 54.0 Å². The van der Waals surface area contributed by atoms with Crippen LogP contribution in [-0.2, 0) is 55.8 Å². The van der Waals surface area contributed by atoms with Crippen LogP contribution in [0.3, 0.4) is 0 Å². The van der Waals surface area contributed by atoms with E-state index in [2.05, 4.69) is 26.0 Å². The molecule has 9 N–H and O–H groups in total. The van der Waals surface area contributed by atoms with E-state index in [1.54, 1.807) is 0 Å². The zero-order valence-corrected chi connectivity index (χ0v) is 27.4. The highest BCUT2D eigenvalue weighted by molar-refractivity contribution is 7.61. The average Bonchev–Trinajstić information content (AvgIpc) is 3.29. The Morgan fingerprint density at radius 3 is 2.27 bits per heavy atom. The third-order valence-electron chi connectivity index (χ3n) is 6.91. The third kappa shape index (κ3) is 11.6. The lowest BCUT2D eigenvalue weighted by Crippen LogP contribution is -2.64. The molecule has 0 aromatic rings. The molecule has 2 fully saturated rings. The molecule has 2 saturated heterocycles. The first-order chi connectivity index (χ1) is 22.6. The molecule has 22 nitrogen and oxygen atoms in total. The molecule has 0 aromatic heterocycles. The number of hydrogen-bond acceptors (Lipinski definition) is 18. The highest BCUT2D eigenvalue weighted by Gasteiger charge is 2.51. The number of phosphoric acid groups is 2. The van der Waals surface area contributed by atoms with Gasteiger partial charge in [0.05, 0.1) is 46.2 Å². The number of hydrogen-bond donors (Lipinski definition) is 9. The molecular formula is C24H41N3O19P2. The van der Waals surface area contributed by atoms with Gasteiger partial charge in [-0.1, -0.05) is 6.58 Å². The number of amides is 2. The number of aliphatic hydroxyl groups excluding tert-OH is 5. The molecule has 276 valence electrons. The van der Waals surface area contributed by atoms with E-state index in [4.69, 9.17) is 28.2 Å². The number of methoxy groups -OCH3 is 1. The third-order valence-corrected chi connectivity index (χ3v) is 9.51. The highest BCUT2D eigenvalue weighted by Crippen LogP contribution is 2.61. The first kappa shape index (κ1) is 40.5. The van der Waals surface area contributed by atoms with Gasteiger partial charge in [-0.05, 0) is 0 Å². The molecular weight excluding hydrogens is 696 g/mol. The van der Waals surface area contributed by atoms with E-state index < -0.39 is 95.9 Å². The SMILES string of the molecule is C=C1NC(=O)C=CN1C1OC(COP(=O)(O)OP(=O)(O)O[C@@H]2OC(CO)[C@H](O)[C@H](O)C2NC(=O)CCOCCOCCOC)C(O)C1O. The number of aliphatic hydroxyl groups is 5. The second kappa shape index (κ2) is 18.4. The number of nitrogens with zero attached hydrogens (tertiary/aromatic N) is 1. The second-order valence-electron chi connectivity index (χ2n) is 10.4. The van der Waals surface area contributed by atoms with Crippen molar-refractivity contribution in [2.75, 3.05) is 53.4 Å². The summed E-state index contributed by atoms with van der Waals surface area (Å²) < 4.78 is 65.1. The van der Waals surface area contributed by atoms with Crippen LogP contribution < -0.4 is 10.6 Å². The van der Waals surface area contributed by atoms with E-state index in [1.165, 1.54) is 13.3 Å². The van der Waals surface area contributed by atoms with Crippen LogP contribution in [0.15, 0.2) is 24.7 Å². The van der Waals surface area contributed by atoms with Crippen molar-refractivity contribution in [1.29, 1.82) is 0 Å². The van der Waals surface area contributed by atoms with Gasteiger partial charge in [0.25, 0.3) is 5.91 Å². The van der Waals surface area contributed by atoms with E-state index in [0.29, 0.717) is 13.2 Å². The van der Waals surface area contributed by atoms with E-state index >= 15 is 0 Å². The van der Waals surface area contributed by atoms with E-state index in [1.807, 2.05) is 0 Å². The minimum Gasteiger partial charge on any atom is -0.394 e. The molecule has 11 atom stereocenters. The molecule has 24 heteroatoms. The van der Waals surface area contributed by atoms with Crippen LogP contribution in [0.25, 0.3) is 0 Å². The normalized spacial score (nSPS) is 33.2. The van der Waals surface area contributed by atoms with Gasteiger partial charge in [0.15, 0.2) is 12.5 Å². The fraction of sp³-hybridized carbons (Fsp3) is 0.750. The number of carbonyl (C=O) groups excluding carboxylic acids is 2. The predicted octanol–water partition coefficient (Wildman–Crippen LogP) is -3.91. The van der Waals surface area contributed by atoms with Gasteiger partial charge >= 0.3 is 15.6 Å². The lowest BCUT2D eigenvalue weighted by Gasteiger charge is -2.42. The summed E-state index contributed by atoms with van der Waals surface area (Å²) in [5.41, 5.74) is 0. The molecule has 3 aliphatic rings. The van der Waals surface area contributed by atoms with Gasteiger partial charge < -0.3 is 74.5 Å². The number of phosphoric ester groups is 2. The maximum atomic E-state index is 12.8. The van der Waals surface area contributed by atoms with Gasteiger partial charge in [-0.2, -0.15) is 4.31 Å². The Labute approximate surface area is 273 Å². The predicted molar refractivity (Wildman–Crippen MR) is 155 cm³/mol. The minimum absolute atomic E-state index is 0.0109. The Bertz CT molecular complexity index is 1230. The Morgan fingerprint density at radius 1 is 0.979 bits per heavy atom. The fourth-order valence-corrected chi connectivity index (χ4v) is 6.67. The minimum atomic E-state index is -5.68. The summed E-state index contributed by atoms with van der Waals surface area (Å²) in [5.74, 6) is -1.31. The molecule has 0 aliphatic carbocycles. The van der Waals surface area contributed by atoms with Crippen molar-refractivity contribution >= 4 is 27.5 Å². The van der Waals surface area contributed by atoms with E-state index in [0.717, 1.165) is 11.0 Å². The molecule has 0 bridgehead atoms. The Balaban J connectivity index is 1.56. The zero-order chi connectivity index (χ0) is 35.6. The molecule has 8 unspecified atom stereocenters. The smallest absolute Gasteiger partial charge is 0.394 e. The van der Waals surface area contributed by atoms with Crippen molar-refractivity contribution in [1.82, 2.24) is 15.5 Å². The molecule has 3 heterocycles. The number of ether oxygens (including phenoxy) is 5. The van der Waals surface area contributed by atoms with Gasteiger partial charge in [0.1, 0.15) is 48.5 Å². The van der Waals surface area contributed by atoms with Crippen LogP contribution in [0.1, 0.15) is 6.42 Å². The summed E-state index contributed by atoms with van der Waals surface area (Å²) in [4.78, 5) is 45.5. The second-order valence-corrected chi connectivity index (χ2v) is 13.4. The van der Waals surface area contributed by atoms with Crippen LogP contribution in [0.5, 0.6) is 0 Å². The Hall–Kier alpha value is -1.92. The Morgan fingerprint density at radius 2 is 1.62 bits per heavy atom. The topological polar surface area (TPSA) is 311 Å². The van der Waals surface area contributed by atoms with Crippen molar-refractivity contribution in [3.8, 4) is 0 Å². The van der Waals surface area contributed by atoms with Crippen molar-refractivity contribution in [3.63, 3.8) is 0 Å². The summed E-state index contributed by atoms with van der Waals surface area (Å²) in [5, 5.41) is 55.7. The lowest BCUT2D eigenvalue weighted by atomic mass is 9.97. The summed E-state index contributed by atoms with van der Waals surface area (Å²) in [7, 11) is -9.70. The van der Waals surface area contributed by atoms with Crippen LogP contribution in [0, 0.1) is 0 Å². The van der Waals surface area contributed by atoms with Gasteiger partial charge in [0, 0.05) is 25.8 Å². The van der Waals surface area contributed by atoms with Crippen LogP contribution >= 0.6 is 15.6 Å². The van der Waals surface area contributed by atoms with Crippen molar-refractivity contribution in [3.05, 3.63) is 24.7 Å². The monoisotopic (exact) mass is 737 g/mol. The maximum Gasteiger partial charge on any atom is 0.483 e. The molecule has 3 rings (SSSR count). The highest BCUT2D eigenvalue weighted by atomic mass is 31.3. The molecule has 0 radical (unpaired) electrons. The molecule has 48 heavy (non-hydrogen) atoms. The molecule has 2 amide bonds. The number of rotatable bonds is 19. The van der Waals surface area contributed by atoms with Gasteiger partial charge in [-0.15, -0.1) is 0 Å². The zero-order valence-electron chi connectivity index (χ0n) is 25.6. The maximum absolute atomic E-state index is 12.8. The first-order valence-electron chi connectivity index (χ1n) is 14.3. The fourth-order valence-electron chi connectivity index (χ4n) is 4.51. The molecule has 0 aromatic carbocycles. The van der Waals surface area contributed by atoms with Crippen LogP contribution in [-0.4, -0.2) is 161 Å². The summed E-state index contributed by atoms with van der Waals surface area (Å²) in [6.07, 6.45) is -11.6. The number of carbonyl (C=O) groups is 2.